The average Bonchev–Trinajstić information content (AvgIpc) is 3.24. The van der Waals surface area contributed by atoms with E-state index < -0.39 is 47.5 Å². The number of anilines is 1. The second-order valence-electron chi connectivity index (χ2n) is 9.00. The van der Waals surface area contributed by atoms with E-state index in [1.165, 1.54) is 18.1 Å². The van der Waals surface area contributed by atoms with E-state index in [-0.39, 0.29) is 11.0 Å². The van der Waals surface area contributed by atoms with Gasteiger partial charge >= 0.3 is 5.97 Å². The maximum absolute atomic E-state index is 14.6. The van der Waals surface area contributed by atoms with Crippen molar-refractivity contribution >= 4 is 23.5 Å². The third-order valence-electron chi connectivity index (χ3n) is 6.12. The number of imide groups is 1. The number of fused-ring (bicyclic) bond motifs is 1. The van der Waals surface area contributed by atoms with Crippen LogP contribution in [0.2, 0.25) is 0 Å². The Labute approximate surface area is 180 Å². The number of carbonyl (C=O) groups is 3. The quantitative estimate of drug-likeness (QED) is 0.605. The van der Waals surface area contributed by atoms with Crippen molar-refractivity contribution < 1.29 is 23.5 Å². The Morgan fingerprint density at radius 3 is 2.26 bits per heavy atom. The number of rotatable bonds is 3. The lowest BCUT2D eigenvalue weighted by Gasteiger charge is -2.28. The molecule has 2 aliphatic heterocycles. The molecule has 0 saturated carbocycles. The number of hydrogen-bond donors (Lipinski definition) is 1. The van der Waals surface area contributed by atoms with E-state index in [1.54, 1.807) is 30.3 Å². The lowest BCUT2D eigenvalue weighted by atomic mass is 9.85. The van der Waals surface area contributed by atoms with Crippen LogP contribution in [0.3, 0.4) is 0 Å². The van der Waals surface area contributed by atoms with Crippen molar-refractivity contribution in [1.29, 1.82) is 0 Å². The fourth-order valence-corrected chi connectivity index (χ4v) is 4.71. The minimum Gasteiger partial charge on any atom is -0.468 e. The highest BCUT2D eigenvalue weighted by molar-refractivity contribution is 6.24. The van der Waals surface area contributed by atoms with Crippen molar-refractivity contribution in [2.24, 2.45) is 11.8 Å². The molecule has 7 heteroatoms. The van der Waals surface area contributed by atoms with Crippen LogP contribution in [-0.2, 0) is 24.5 Å². The van der Waals surface area contributed by atoms with Gasteiger partial charge in [0.05, 0.1) is 24.6 Å². The zero-order chi connectivity index (χ0) is 22.5. The molecule has 2 saturated heterocycles. The van der Waals surface area contributed by atoms with E-state index in [0.717, 1.165) is 5.56 Å². The fourth-order valence-electron chi connectivity index (χ4n) is 4.71. The summed E-state index contributed by atoms with van der Waals surface area (Å²) in [5.41, 5.74) is 1.26. The number of esters is 1. The molecule has 2 aliphatic rings. The van der Waals surface area contributed by atoms with Crippen LogP contribution in [-0.4, -0.2) is 30.9 Å². The van der Waals surface area contributed by atoms with E-state index in [1.807, 2.05) is 32.9 Å². The molecule has 1 N–H and O–H groups in total. The topological polar surface area (TPSA) is 75.7 Å². The van der Waals surface area contributed by atoms with Crippen molar-refractivity contribution in [1.82, 2.24) is 5.32 Å². The van der Waals surface area contributed by atoms with Gasteiger partial charge < -0.3 is 4.74 Å². The van der Waals surface area contributed by atoms with Crippen molar-refractivity contribution in [2.45, 2.75) is 38.3 Å². The number of carbonyl (C=O) groups excluding carboxylic acids is 3. The van der Waals surface area contributed by atoms with Crippen LogP contribution in [0, 0.1) is 17.7 Å². The first-order valence-corrected chi connectivity index (χ1v) is 10.2. The molecule has 4 rings (SSSR count). The minimum absolute atomic E-state index is 0.246. The van der Waals surface area contributed by atoms with Crippen LogP contribution >= 0.6 is 0 Å². The standard InChI is InChI=1S/C24H25FN2O4/c1-24(2,3)14-10-6-8-12-16(14)27-21(28)17-18(22(27)29)20(23(30)31-4)26-19(17)13-9-5-7-11-15(13)25/h5-12,17-20,26H,1-4H3/t17-,18+,19-,20-/m1/s1. The van der Waals surface area contributed by atoms with Crippen LogP contribution in [0.4, 0.5) is 10.1 Å². The Kier molecular flexibility index (Phi) is 5.17. The second kappa shape index (κ2) is 7.57. The van der Waals surface area contributed by atoms with Crippen molar-refractivity contribution in [2.75, 3.05) is 12.0 Å². The summed E-state index contributed by atoms with van der Waals surface area (Å²) in [5, 5.41) is 3.00. The first-order chi connectivity index (χ1) is 14.7. The molecule has 0 spiro atoms. The summed E-state index contributed by atoms with van der Waals surface area (Å²) in [6.45, 7) is 6.00. The number of halogens is 1. The monoisotopic (exact) mass is 424 g/mol. The average molecular weight is 424 g/mol. The zero-order valence-corrected chi connectivity index (χ0v) is 17.9. The van der Waals surface area contributed by atoms with Gasteiger partial charge in [0.1, 0.15) is 11.9 Å². The highest BCUT2D eigenvalue weighted by Crippen LogP contribution is 2.47. The Bertz CT molecular complexity index is 1060. The number of methoxy groups -OCH3 is 1. The number of hydrogen-bond acceptors (Lipinski definition) is 5. The molecule has 4 atom stereocenters. The lowest BCUT2D eigenvalue weighted by Crippen LogP contribution is -2.44. The summed E-state index contributed by atoms with van der Waals surface area (Å²) in [4.78, 5) is 40.8. The van der Waals surface area contributed by atoms with Gasteiger partial charge in [-0.05, 0) is 23.1 Å². The van der Waals surface area contributed by atoms with Gasteiger partial charge in [0.15, 0.2) is 0 Å². The fraction of sp³-hybridized carbons (Fsp3) is 0.375. The number of para-hydroxylation sites is 1. The molecule has 2 amide bonds. The maximum Gasteiger partial charge on any atom is 0.323 e. The van der Waals surface area contributed by atoms with Crippen LogP contribution < -0.4 is 10.2 Å². The number of benzene rings is 2. The number of nitrogens with zero attached hydrogens (tertiary/aromatic N) is 1. The van der Waals surface area contributed by atoms with Gasteiger partial charge in [-0.2, -0.15) is 0 Å². The van der Waals surface area contributed by atoms with Gasteiger partial charge in [0, 0.05) is 11.6 Å². The largest absolute Gasteiger partial charge is 0.468 e. The summed E-state index contributed by atoms with van der Waals surface area (Å²) >= 11 is 0. The molecule has 162 valence electrons. The van der Waals surface area contributed by atoms with Crippen LogP contribution in [0.15, 0.2) is 48.5 Å². The summed E-state index contributed by atoms with van der Waals surface area (Å²) in [5.74, 6) is -3.97. The van der Waals surface area contributed by atoms with Gasteiger partial charge in [-0.3, -0.25) is 19.7 Å². The van der Waals surface area contributed by atoms with Crippen LogP contribution in [0.1, 0.15) is 37.9 Å². The molecule has 6 nitrogen and oxygen atoms in total. The first kappa shape index (κ1) is 21.2. The molecule has 0 bridgehead atoms. The van der Waals surface area contributed by atoms with Crippen molar-refractivity contribution in [3.63, 3.8) is 0 Å². The smallest absolute Gasteiger partial charge is 0.323 e. The van der Waals surface area contributed by atoms with Crippen LogP contribution in [0.25, 0.3) is 0 Å². The van der Waals surface area contributed by atoms with Crippen molar-refractivity contribution in [3.05, 3.63) is 65.5 Å². The molecule has 2 aromatic carbocycles. The third-order valence-corrected chi connectivity index (χ3v) is 6.12. The second-order valence-corrected chi connectivity index (χ2v) is 9.00. The number of amides is 2. The Morgan fingerprint density at radius 1 is 1.00 bits per heavy atom. The van der Waals surface area contributed by atoms with E-state index in [9.17, 15) is 18.8 Å². The van der Waals surface area contributed by atoms with E-state index >= 15 is 0 Å². The highest BCUT2D eigenvalue weighted by atomic mass is 19.1. The van der Waals surface area contributed by atoms with E-state index in [4.69, 9.17) is 4.74 Å². The van der Waals surface area contributed by atoms with Gasteiger partial charge in [0.2, 0.25) is 11.8 Å². The molecule has 2 heterocycles. The Morgan fingerprint density at radius 2 is 1.61 bits per heavy atom. The zero-order valence-electron chi connectivity index (χ0n) is 17.9. The predicted molar refractivity (Wildman–Crippen MR) is 113 cm³/mol. The molecule has 0 aromatic heterocycles. The molecular formula is C24H25FN2O4. The molecule has 2 fully saturated rings. The Hall–Kier alpha value is -3.06. The predicted octanol–water partition coefficient (Wildman–Crippen LogP) is 3.11. The summed E-state index contributed by atoms with van der Waals surface area (Å²) < 4.78 is 19.5. The Balaban J connectivity index is 1.84. The number of nitrogens with one attached hydrogen (secondary N) is 1. The summed E-state index contributed by atoms with van der Waals surface area (Å²) in [7, 11) is 1.23. The van der Waals surface area contributed by atoms with Gasteiger partial charge in [-0.1, -0.05) is 57.2 Å². The SMILES string of the molecule is COC(=O)[C@@H]1N[C@H](c2ccccc2F)[C@@H]2C(=O)N(c3ccccc3C(C)(C)C)C(=O)[C@@H]21. The molecular weight excluding hydrogens is 399 g/mol. The summed E-state index contributed by atoms with van der Waals surface area (Å²) in [6.07, 6.45) is 0. The molecule has 0 radical (unpaired) electrons. The molecule has 0 unspecified atom stereocenters. The lowest BCUT2D eigenvalue weighted by molar-refractivity contribution is -0.145. The maximum atomic E-state index is 14.6. The number of ether oxygens (including phenoxy) is 1. The highest BCUT2D eigenvalue weighted by Gasteiger charge is 2.62. The third kappa shape index (κ3) is 3.33. The van der Waals surface area contributed by atoms with Crippen LogP contribution in [0.5, 0.6) is 0 Å². The molecule has 2 aromatic rings. The van der Waals surface area contributed by atoms with Crippen molar-refractivity contribution in [3.8, 4) is 0 Å². The molecule has 31 heavy (non-hydrogen) atoms. The minimum atomic E-state index is -1.04. The van der Waals surface area contributed by atoms with E-state index in [0.29, 0.717) is 5.69 Å². The first-order valence-electron chi connectivity index (χ1n) is 10.2. The summed E-state index contributed by atoms with van der Waals surface area (Å²) in [6, 6.07) is 11.5. The van der Waals surface area contributed by atoms with E-state index in [2.05, 4.69) is 5.32 Å². The van der Waals surface area contributed by atoms with Gasteiger partial charge in [-0.15, -0.1) is 0 Å². The normalized spacial score (nSPS) is 25.6. The van der Waals surface area contributed by atoms with Gasteiger partial charge in [-0.25, -0.2) is 9.29 Å². The molecule has 0 aliphatic carbocycles. The van der Waals surface area contributed by atoms with Gasteiger partial charge in [0.25, 0.3) is 0 Å².